The number of rotatable bonds is 5. The van der Waals surface area contributed by atoms with Gasteiger partial charge in [0.1, 0.15) is 0 Å². The summed E-state index contributed by atoms with van der Waals surface area (Å²) in [5, 5.41) is 0. The summed E-state index contributed by atoms with van der Waals surface area (Å²) < 4.78 is 1.03. The first kappa shape index (κ1) is 17.2. The Kier molecular flexibility index (Phi) is 6.21. The first-order valence-electron chi connectivity index (χ1n) is 6.92. The van der Waals surface area contributed by atoms with Crippen LogP contribution >= 0.6 is 15.9 Å². The van der Waals surface area contributed by atoms with Crippen LogP contribution in [0.3, 0.4) is 0 Å². The van der Waals surface area contributed by atoms with Crippen LogP contribution in [0.1, 0.15) is 39.2 Å². The van der Waals surface area contributed by atoms with Crippen molar-refractivity contribution in [2.24, 2.45) is 11.1 Å². The second kappa shape index (κ2) is 7.23. The van der Waals surface area contributed by atoms with E-state index in [0.717, 1.165) is 16.5 Å². The molecule has 20 heavy (non-hydrogen) atoms. The fraction of sp³-hybridized carbons (Fsp3) is 0.562. The van der Waals surface area contributed by atoms with Crippen molar-refractivity contribution in [2.45, 2.75) is 46.2 Å². The summed E-state index contributed by atoms with van der Waals surface area (Å²) in [6, 6.07) is 7.87. The quantitative estimate of drug-likeness (QED) is 0.890. The van der Waals surface area contributed by atoms with E-state index >= 15 is 0 Å². The Morgan fingerprint density at radius 3 is 2.50 bits per heavy atom. The van der Waals surface area contributed by atoms with Gasteiger partial charge in [-0.15, -0.1) is 0 Å². The predicted molar refractivity (Wildman–Crippen MR) is 87.3 cm³/mol. The van der Waals surface area contributed by atoms with E-state index in [-0.39, 0.29) is 17.4 Å². The predicted octanol–water partition coefficient (Wildman–Crippen LogP) is 3.56. The van der Waals surface area contributed by atoms with Gasteiger partial charge >= 0.3 is 0 Å². The molecule has 3 nitrogen and oxygen atoms in total. The van der Waals surface area contributed by atoms with Crippen molar-refractivity contribution in [1.82, 2.24) is 4.90 Å². The van der Waals surface area contributed by atoms with Crippen LogP contribution in [-0.2, 0) is 11.3 Å². The normalized spacial score (nSPS) is 13.1. The third-order valence-electron chi connectivity index (χ3n) is 3.10. The van der Waals surface area contributed by atoms with E-state index in [1.165, 1.54) is 0 Å². The van der Waals surface area contributed by atoms with Crippen LogP contribution in [0.4, 0.5) is 0 Å². The van der Waals surface area contributed by atoms with Gasteiger partial charge in [-0.3, -0.25) is 4.79 Å². The summed E-state index contributed by atoms with van der Waals surface area (Å²) in [4.78, 5) is 13.9. The van der Waals surface area contributed by atoms with Crippen molar-refractivity contribution in [2.75, 3.05) is 7.05 Å². The van der Waals surface area contributed by atoms with E-state index < -0.39 is 0 Å². The van der Waals surface area contributed by atoms with Gasteiger partial charge in [0.15, 0.2) is 0 Å². The number of benzene rings is 1. The van der Waals surface area contributed by atoms with Crippen molar-refractivity contribution in [3.05, 3.63) is 34.3 Å². The highest BCUT2D eigenvalue weighted by Gasteiger charge is 2.20. The molecule has 0 aliphatic carbocycles. The lowest BCUT2D eigenvalue weighted by atomic mass is 9.87. The number of hydrogen-bond donors (Lipinski definition) is 1. The van der Waals surface area contributed by atoms with E-state index in [1.54, 1.807) is 4.90 Å². The standard InChI is InChI=1S/C16H25BrN2O/c1-16(2,3)10-13(18)9-15(20)19(4)11-12-7-5-6-8-14(12)17/h5-8,13H,9-11,18H2,1-4H3. The number of nitrogens with zero attached hydrogens (tertiary/aromatic N) is 1. The molecule has 0 spiro atoms. The number of hydrogen-bond acceptors (Lipinski definition) is 2. The zero-order chi connectivity index (χ0) is 15.3. The molecule has 0 aromatic heterocycles. The van der Waals surface area contributed by atoms with Crippen molar-refractivity contribution >= 4 is 21.8 Å². The monoisotopic (exact) mass is 340 g/mol. The summed E-state index contributed by atoms with van der Waals surface area (Å²) in [6.45, 7) is 7.02. The minimum atomic E-state index is -0.0795. The van der Waals surface area contributed by atoms with E-state index in [0.29, 0.717) is 13.0 Å². The molecule has 0 saturated carbocycles. The summed E-state index contributed by atoms with van der Waals surface area (Å²) >= 11 is 3.50. The Labute approximate surface area is 130 Å². The molecule has 4 heteroatoms. The molecule has 1 rings (SSSR count). The number of carbonyl (C=O) groups is 1. The van der Waals surface area contributed by atoms with E-state index in [1.807, 2.05) is 31.3 Å². The van der Waals surface area contributed by atoms with Crippen LogP contribution < -0.4 is 5.73 Å². The fourth-order valence-corrected chi connectivity index (χ4v) is 2.62. The number of halogens is 1. The maximum Gasteiger partial charge on any atom is 0.224 e. The maximum atomic E-state index is 12.2. The van der Waals surface area contributed by atoms with Gasteiger partial charge in [-0.25, -0.2) is 0 Å². The van der Waals surface area contributed by atoms with Crippen LogP contribution in [0, 0.1) is 5.41 Å². The summed E-state index contributed by atoms with van der Waals surface area (Å²) in [5.41, 5.74) is 7.32. The van der Waals surface area contributed by atoms with E-state index in [9.17, 15) is 4.79 Å². The topological polar surface area (TPSA) is 46.3 Å². The second-order valence-electron chi connectivity index (χ2n) is 6.57. The molecule has 1 unspecified atom stereocenters. The zero-order valence-electron chi connectivity index (χ0n) is 12.8. The molecular weight excluding hydrogens is 316 g/mol. The molecule has 0 fully saturated rings. The van der Waals surface area contributed by atoms with Crippen molar-refractivity contribution in [1.29, 1.82) is 0 Å². The van der Waals surface area contributed by atoms with Gasteiger partial charge in [-0.05, 0) is 23.5 Å². The molecule has 0 heterocycles. The summed E-state index contributed by atoms with van der Waals surface area (Å²) in [7, 11) is 1.82. The lowest BCUT2D eigenvalue weighted by Crippen LogP contribution is -2.35. The van der Waals surface area contributed by atoms with Crippen LogP contribution in [-0.4, -0.2) is 23.9 Å². The molecular formula is C16H25BrN2O. The molecule has 1 aromatic rings. The Morgan fingerprint density at radius 2 is 1.95 bits per heavy atom. The Morgan fingerprint density at radius 1 is 1.35 bits per heavy atom. The van der Waals surface area contributed by atoms with Crippen LogP contribution in [0.5, 0.6) is 0 Å². The lowest BCUT2D eigenvalue weighted by Gasteiger charge is -2.25. The third kappa shape index (κ3) is 6.06. The highest BCUT2D eigenvalue weighted by Crippen LogP contribution is 2.22. The van der Waals surface area contributed by atoms with Gasteiger partial charge < -0.3 is 10.6 Å². The first-order chi connectivity index (χ1) is 9.19. The number of amides is 1. The van der Waals surface area contributed by atoms with E-state index in [4.69, 9.17) is 5.73 Å². The Balaban J connectivity index is 2.53. The second-order valence-corrected chi connectivity index (χ2v) is 7.42. The van der Waals surface area contributed by atoms with Gasteiger partial charge in [0.05, 0.1) is 0 Å². The Hall–Kier alpha value is -0.870. The zero-order valence-corrected chi connectivity index (χ0v) is 14.4. The van der Waals surface area contributed by atoms with Gasteiger partial charge in [0, 0.05) is 30.5 Å². The minimum absolute atomic E-state index is 0.0795. The first-order valence-corrected chi connectivity index (χ1v) is 7.71. The maximum absolute atomic E-state index is 12.2. The average Bonchev–Trinajstić information content (AvgIpc) is 2.29. The van der Waals surface area contributed by atoms with Crippen molar-refractivity contribution in [3.8, 4) is 0 Å². The smallest absolute Gasteiger partial charge is 0.224 e. The minimum Gasteiger partial charge on any atom is -0.341 e. The van der Waals surface area contributed by atoms with Gasteiger partial charge in [0.2, 0.25) is 5.91 Å². The highest BCUT2D eigenvalue weighted by atomic mass is 79.9. The van der Waals surface area contributed by atoms with Crippen molar-refractivity contribution in [3.63, 3.8) is 0 Å². The molecule has 1 atom stereocenters. The fourth-order valence-electron chi connectivity index (χ4n) is 2.21. The van der Waals surface area contributed by atoms with Gasteiger partial charge in [-0.2, -0.15) is 0 Å². The number of carbonyl (C=O) groups excluding carboxylic acids is 1. The molecule has 0 aliphatic heterocycles. The molecule has 112 valence electrons. The van der Waals surface area contributed by atoms with Crippen molar-refractivity contribution < 1.29 is 4.79 Å². The summed E-state index contributed by atoms with van der Waals surface area (Å²) in [6.07, 6.45) is 1.25. The highest BCUT2D eigenvalue weighted by molar-refractivity contribution is 9.10. The molecule has 0 bridgehead atoms. The van der Waals surface area contributed by atoms with Gasteiger partial charge in [-0.1, -0.05) is 54.9 Å². The molecule has 0 radical (unpaired) electrons. The number of nitrogens with two attached hydrogens (primary N) is 1. The SMILES string of the molecule is CN(Cc1ccccc1Br)C(=O)CC(N)CC(C)(C)C. The molecule has 0 saturated heterocycles. The van der Waals surface area contributed by atoms with Gasteiger partial charge in [0.25, 0.3) is 0 Å². The average molecular weight is 341 g/mol. The summed E-state index contributed by atoms with van der Waals surface area (Å²) in [5.74, 6) is 0.0949. The third-order valence-corrected chi connectivity index (χ3v) is 3.88. The van der Waals surface area contributed by atoms with Crippen LogP contribution in [0.2, 0.25) is 0 Å². The Bertz CT molecular complexity index is 454. The molecule has 0 aliphatic rings. The van der Waals surface area contributed by atoms with E-state index in [2.05, 4.69) is 36.7 Å². The van der Waals surface area contributed by atoms with Crippen LogP contribution in [0.25, 0.3) is 0 Å². The molecule has 2 N–H and O–H groups in total. The molecule has 1 amide bonds. The van der Waals surface area contributed by atoms with Crippen LogP contribution in [0.15, 0.2) is 28.7 Å². The largest absolute Gasteiger partial charge is 0.341 e. The molecule has 1 aromatic carbocycles. The lowest BCUT2D eigenvalue weighted by molar-refractivity contribution is -0.130.